The minimum Gasteiger partial charge on any atom is -0.497 e. The topological polar surface area (TPSA) is 53.7 Å². The van der Waals surface area contributed by atoms with Crippen molar-refractivity contribution in [3.63, 3.8) is 0 Å². The van der Waals surface area contributed by atoms with Gasteiger partial charge >= 0.3 is 0 Å². The molecule has 4 heteroatoms. The molecule has 0 aliphatic carbocycles. The molecular weight excluding hydrogens is 242 g/mol. The maximum absolute atomic E-state index is 5.87. The van der Waals surface area contributed by atoms with Crippen LogP contribution >= 0.6 is 0 Å². The van der Waals surface area contributed by atoms with Crippen LogP contribution in [-0.2, 0) is 10.2 Å². The summed E-state index contributed by atoms with van der Waals surface area (Å²) in [6.07, 6.45) is 0. The SMILES string of the molecule is COCC(N)COc1ccc(OC)cc1C(C)(C)C. The van der Waals surface area contributed by atoms with Gasteiger partial charge in [0.2, 0.25) is 0 Å². The molecular formula is C15H25NO3. The van der Waals surface area contributed by atoms with Gasteiger partial charge in [-0.15, -0.1) is 0 Å². The molecule has 0 radical (unpaired) electrons. The molecule has 0 aromatic heterocycles. The third-order valence-electron chi connectivity index (χ3n) is 2.83. The van der Waals surface area contributed by atoms with E-state index in [2.05, 4.69) is 20.8 Å². The molecule has 2 N–H and O–H groups in total. The molecule has 19 heavy (non-hydrogen) atoms. The van der Waals surface area contributed by atoms with Gasteiger partial charge in [0.15, 0.2) is 0 Å². The number of nitrogens with two attached hydrogens (primary N) is 1. The van der Waals surface area contributed by atoms with Gasteiger partial charge in [0, 0.05) is 12.7 Å². The summed E-state index contributed by atoms with van der Waals surface area (Å²) in [6, 6.07) is 5.71. The predicted octanol–water partition coefficient (Wildman–Crippen LogP) is 2.35. The van der Waals surface area contributed by atoms with E-state index in [1.807, 2.05) is 18.2 Å². The van der Waals surface area contributed by atoms with E-state index in [9.17, 15) is 0 Å². The van der Waals surface area contributed by atoms with Gasteiger partial charge in [-0.05, 0) is 23.6 Å². The van der Waals surface area contributed by atoms with Gasteiger partial charge in [-0.25, -0.2) is 0 Å². The van der Waals surface area contributed by atoms with Gasteiger partial charge in [0.1, 0.15) is 18.1 Å². The maximum Gasteiger partial charge on any atom is 0.123 e. The van der Waals surface area contributed by atoms with E-state index in [1.165, 1.54) is 0 Å². The van der Waals surface area contributed by atoms with Crippen LogP contribution in [0.25, 0.3) is 0 Å². The molecule has 1 aromatic rings. The Morgan fingerprint density at radius 1 is 1.16 bits per heavy atom. The van der Waals surface area contributed by atoms with Crippen LogP contribution in [-0.4, -0.2) is 33.5 Å². The van der Waals surface area contributed by atoms with Crippen LogP contribution in [0.15, 0.2) is 18.2 Å². The lowest BCUT2D eigenvalue weighted by Gasteiger charge is -2.24. The molecule has 0 spiro atoms. The first kappa shape index (κ1) is 15.8. The van der Waals surface area contributed by atoms with Gasteiger partial charge in [0.05, 0.1) is 19.8 Å². The molecule has 1 rings (SSSR count). The monoisotopic (exact) mass is 267 g/mol. The summed E-state index contributed by atoms with van der Waals surface area (Å²) in [7, 11) is 3.30. The fourth-order valence-corrected chi connectivity index (χ4v) is 1.81. The summed E-state index contributed by atoms with van der Waals surface area (Å²) >= 11 is 0. The summed E-state index contributed by atoms with van der Waals surface area (Å²) in [4.78, 5) is 0. The summed E-state index contributed by atoms with van der Waals surface area (Å²) in [5.74, 6) is 1.68. The van der Waals surface area contributed by atoms with Crippen molar-refractivity contribution in [3.05, 3.63) is 23.8 Å². The van der Waals surface area contributed by atoms with Gasteiger partial charge < -0.3 is 19.9 Å². The Morgan fingerprint density at radius 2 is 1.84 bits per heavy atom. The van der Waals surface area contributed by atoms with E-state index in [4.69, 9.17) is 19.9 Å². The number of benzene rings is 1. The van der Waals surface area contributed by atoms with Crippen molar-refractivity contribution in [3.8, 4) is 11.5 Å². The Bertz CT molecular complexity index is 399. The second-order valence-electron chi connectivity index (χ2n) is 5.64. The van der Waals surface area contributed by atoms with Crippen LogP contribution in [0.4, 0.5) is 0 Å². The zero-order chi connectivity index (χ0) is 14.5. The molecule has 1 atom stereocenters. The Kier molecular flexibility index (Phi) is 5.63. The number of ether oxygens (including phenoxy) is 3. The summed E-state index contributed by atoms with van der Waals surface area (Å²) < 4.78 is 16.1. The van der Waals surface area contributed by atoms with Crippen LogP contribution in [0.1, 0.15) is 26.3 Å². The van der Waals surface area contributed by atoms with Gasteiger partial charge in [-0.1, -0.05) is 20.8 Å². The quantitative estimate of drug-likeness (QED) is 0.859. The van der Waals surface area contributed by atoms with Crippen molar-refractivity contribution < 1.29 is 14.2 Å². The average molecular weight is 267 g/mol. The van der Waals surface area contributed by atoms with Crippen LogP contribution in [0.2, 0.25) is 0 Å². The summed E-state index contributed by atoms with van der Waals surface area (Å²) in [5, 5.41) is 0. The molecule has 0 heterocycles. The third kappa shape index (κ3) is 4.73. The Balaban J connectivity index is 2.87. The van der Waals surface area contributed by atoms with E-state index >= 15 is 0 Å². The number of methoxy groups -OCH3 is 2. The third-order valence-corrected chi connectivity index (χ3v) is 2.83. The first-order valence-corrected chi connectivity index (χ1v) is 6.44. The zero-order valence-electron chi connectivity index (χ0n) is 12.5. The van der Waals surface area contributed by atoms with Crippen molar-refractivity contribution in [1.82, 2.24) is 0 Å². The second-order valence-corrected chi connectivity index (χ2v) is 5.64. The maximum atomic E-state index is 5.87. The molecule has 0 fully saturated rings. The minimum atomic E-state index is -0.125. The Morgan fingerprint density at radius 3 is 2.37 bits per heavy atom. The van der Waals surface area contributed by atoms with Crippen molar-refractivity contribution in [1.29, 1.82) is 0 Å². The molecule has 0 saturated heterocycles. The highest BCUT2D eigenvalue weighted by molar-refractivity contribution is 5.44. The largest absolute Gasteiger partial charge is 0.497 e. The molecule has 0 bridgehead atoms. The molecule has 0 amide bonds. The van der Waals surface area contributed by atoms with Crippen molar-refractivity contribution >= 4 is 0 Å². The first-order chi connectivity index (χ1) is 8.88. The average Bonchev–Trinajstić information content (AvgIpc) is 2.35. The molecule has 0 aliphatic heterocycles. The Hall–Kier alpha value is -1.26. The van der Waals surface area contributed by atoms with Crippen LogP contribution in [0.5, 0.6) is 11.5 Å². The Labute approximate surface area is 115 Å². The molecule has 0 aliphatic rings. The molecule has 1 unspecified atom stereocenters. The lowest BCUT2D eigenvalue weighted by molar-refractivity contribution is 0.152. The molecule has 0 saturated carbocycles. The van der Waals surface area contributed by atoms with Gasteiger partial charge in [-0.3, -0.25) is 0 Å². The minimum absolute atomic E-state index is 0.0186. The van der Waals surface area contributed by atoms with Crippen molar-refractivity contribution in [2.24, 2.45) is 5.73 Å². The highest BCUT2D eigenvalue weighted by atomic mass is 16.5. The fraction of sp³-hybridized carbons (Fsp3) is 0.600. The van der Waals surface area contributed by atoms with Crippen LogP contribution in [0.3, 0.4) is 0 Å². The van der Waals surface area contributed by atoms with Crippen LogP contribution in [0, 0.1) is 0 Å². The number of rotatable bonds is 6. The molecule has 4 nitrogen and oxygen atoms in total. The lowest BCUT2D eigenvalue weighted by atomic mass is 9.86. The molecule has 1 aromatic carbocycles. The van der Waals surface area contributed by atoms with E-state index < -0.39 is 0 Å². The van der Waals surface area contributed by atoms with Crippen molar-refractivity contribution in [2.45, 2.75) is 32.2 Å². The number of hydrogen-bond acceptors (Lipinski definition) is 4. The standard InChI is InChI=1S/C15H25NO3/c1-15(2,3)13-8-12(18-5)6-7-14(13)19-10-11(16)9-17-4/h6-8,11H,9-10,16H2,1-5H3. The van der Waals surface area contributed by atoms with E-state index in [0.717, 1.165) is 17.1 Å². The fourth-order valence-electron chi connectivity index (χ4n) is 1.81. The van der Waals surface area contributed by atoms with Crippen molar-refractivity contribution in [2.75, 3.05) is 27.4 Å². The van der Waals surface area contributed by atoms with E-state index in [0.29, 0.717) is 13.2 Å². The smallest absolute Gasteiger partial charge is 0.123 e. The van der Waals surface area contributed by atoms with E-state index in [1.54, 1.807) is 14.2 Å². The zero-order valence-corrected chi connectivity index (χ0v) is 12.5. The van der Waals surface area contributed by atoms with E-state index in [-0.39, 0.29) is 11.5 Å². The first-order valence-electron chi connectivity index (χ1n) is 6.44. The second kappa shape index (κ2) is 6.78. The summed E-state index contributed by atoms with van der Waals surface area (Å²) in [6.45, 7) is 7.35. The predicted molar refractivity (Wildman–Crippen MR) is 77.0 cm³/mol. The van der Waals surface area contributed by atoms with Gasteiger partial charge in [-0.2, -0.15) is 0 Å². The normalized spacial score (nSPS) is 13.2. The molecule has 108 valence electrons. The highest BCUT2D eigenvalue weighted by Gasteiger charge is 2.20. The van der Waals surface area contributed by atoms with Gasteiger partial charge in [0.25, 0.3) is 0 Å². The van der Waals surface area contributed by atoms with Crippen LogP contribution < -0.4 is 15.2 Å². The highest BCUT2D eigenvalue weighted by Crippen LogP contribution is 2.34. The summed E-state index contributed by atoms with van der Waals surface area (Å²) in [5.41, 5.74) is 6.96. The lowest BCUT2D eigenvalue weighted by Crippen LogP contribution is -2.32. The number of hydrogen-bond donors (Lipinski definition) is 1.